The van der Waals surface area contributed by atoms with Crippen molar-refractivity contribution < 1.29 is 37.6 Å². The first-order chi connectivity index (χ1) is 39.8. The standard InChI is InChI=1S/C71H128NO8P/c1-3-5-7-9-11-13-15-17-19-21-23-24-25-26-27-28-29-30-31-32-33-34-35-36-37-38-39-40-41-42-43-44-46-48-50-52-54-56-58-60-62-64-71(74)80-69(68-79-81(75,76)78-66-65-72)67-77-70(73)63-61-59-57-55-53-51-49-47-45-22-20-18-16-14-12-10-8-6-4-2/h5,7,11,13,17,19,23-24,26-27,29-30,32-33,69H,3-4,6,8-10,12,14-16,18,20-22,25,28,31,34-68,72H2,1-2H3,(H,75,76)/b7-5-,13-11-,19-17-,24-23-,27-26-,30-29-,33-32-. The average Bonchev–Trinajstić information content (AvgIpc) is 3.46. The van der Waals surface area contributed by atoms with Crippen molar-refractivity contribution in [3.05, 3.63) is 85.1 Å². The molecular formula is C71H128NO8P. The Labute approximate surface area is 500 Å². The fourth-order valence-corrected chi connectivity index (χ4v) is 10.6. The van der Waals surface area contributed by atoms with Gasteiger partial charge in [-0.25, -0.2) is 4.57 Å². The summed E-state index contributed by atoms with van der Waals surface area (Å²) in [6.45, 7) is 3.68. The van der Waals surface area contributed by atoms with Crippen LogP contribution in [0.15, 0.2) is 85.1 Å². The number of carbonyl (C=O) groups excluding carboxylic acids is 2. The Hall–Kier alpha value is -2.81. The van der Waals surface area contributed by atoms with Crippen molar-refractivity contribution in [2.45, 2.75) is 328 Å². The van der Waals surface area contributed by atoms with Crippen LogP contribution in [0.1, 0.15) is 322 Å². The van der Waals surface area contributed by atoms with Crippen LogP contribution in [0.25, 0.3) is 0 Å². The summed E-state index contributed by atoms with van der Waals surface area (Å²) < 4.78 is 33.1. The van der Waals surface area contributed by atoms with E-state index in [0.717, 1.165) is 77.0 Å². The number of carbonyl (C=O) groups is 2. The number of allylic oxidation sites excluding steroid dienone is 14. The van der Waals surface area contributed by atoms with Crippen molar-refractivity contribution in [2.24, 2.45) is 5.73 Å². The van der Waals surface area contributed by atoms with Crippen LogP contribution >= 0.6 is 7.82 Å². The Kier molecular flexibility index (Phi) is 64.0. The molecule has 0 aromatic carbocycles. The molecule has 0 spiro atoms. The molecule has 0 aliphatic heterocycles. The van der Waals surface area contributed by atoms with E-state index in [1.807, 2.05) is 0 Å². The fraction of sp³-hybridized carbons (Fsp3) is 0.775. The molecule has 3 N–H and O–H groups in total. The van der Waals surface area contributed by atoms with Crippen LogP contribution in [0, 0.1) is 0 Å². The van der Waals surface area contributed by atoms with Gasteiger partial charge in [0.15, 0.2) is 6.10 Å². The molecule has 10 heteroatoms. The summed E-state index contributed by atoms with van der Waals surface area (Å²) in [7, 11) is -4.39. The van der Waals surface area contributed by atoms with Crippen LogP contribution in [0.2, 0.25) is 0 Å². The summed E-state index contributed by atoms with van der Waals surface area (Å²) in [5.41, 5.74) is 5.40. The van der Waals surface area contributed by atoms with Gasteiger partial charge in [0.25, 0.3) is 0 Å². The molecule has 9 nitrogen and oxygen atoms in total. The molecule has 0 saturated heterocycles. The van der Waals surface area contributed by atoms with Crippen molar-refractivity contribution >= 4 is 19.8 Å². The SMILES string of the molecule is CC/C=C\C/C=C\C/C=C\C/C=C\C/C=C\C/C=C\C/C=C\CCCCCCCCCCCCCCCCCCCCCC(=O)OC(COC(=O)CCCCCCCCCCCCCCCCCCCCC)COP(=O)(O)OCCN. The van der Waals surface area contributed by atoms with Crippen LogP contribution in [-0.4, -0.2) is 49.3 Å². The van der Waals surface area contributed by atoms with E-state index in [4.69, 9.17) is 24.3 Å². The lowest BCUT2D eigenvalue weighted by Crippen LogP contribution is -2.29. The molecule has 0 aromatic heterocycles. The van der Waals surface area contributed by atoms with Gasteiger partial charge in [-0.3, -0.25) is 18.6 Å². The number of esters is 2. The molecule has 0 amide bonds. The van der Waals surface area contributed by atoms with Crippen LogP contribution in [0.4, 0.5) is 0 Å². The van der Waals surface area contributed by atoms with Crippen molar-refractivity contribution in [1.82, 2.24) is 0 Å². The van der Waals surface area contributed by atoms with Gasteiger partial charge in [0, 0.05) is 19.4 Å². The highest BCUT2D eigenvalue weighted by atomic mass is 31.2. The summed E-state index contributed by atoms with van der Waals surface area (Å²) in [5.74, 6) is -0.811. The van der Waals surface area contributed by atoms with Crippen LogP contribution < -0.4 is 5.73 Å². The highest BCUT2D eigenvalue weighted by Crippen LogP contribution is 2.43. The second-order valence-electron chi connectivity index (χ2n) is 22.7. The predicted molar refractivity (Wildman–Crippen MR) is 349 cm³/mol. The molecule has 2 atom stereocenters. The van der Waals surface area contributed by atoms with E-state index >= 15 is 0 Å². The molecule has 0 rings (SSSR count). The number of rotatable bonds is 64. The van der Waals surface area contributed by atoms with E-state index in [0.29, 0.717) is 6.42 Å². The second-order valence-corrected chi connectivity index (χ2v) is 24.1. The van der Waals surface area contributed by atoms with Crippen LogP contribution in [-0.2, 0) is 32.7 Å². The molecule has 0 aliphatic rings. The molecule has 0 saturated carbocycles. The van der Waals surface area contributed by atoms with Gasteiger partial charge in [0.05, 0.1) is 13.2 Å². The van der Waals surface area contributed by atoms with E-state index in [1.54, 1.807) is 0 Å². The first-order valence-corrected chi connectivity index (χ1v) is 35.6. The first-order valence-electron chi connectivity index (χ1n) is 34.1. The predicted octanol–water partition coefficient (Wildman–Crippen LogP) is 22.2. The normalized spacial score (nSPS) is 13.5. The lowest BCUT2D eigenvalue weighted by Gasteiger charge is -2.19. The van der Waals surface area contributed by atoms with Gasteiger partial charge in [-0.2, -0.15) is 0 Å². The number of unbranched alkanes of at least 4 members (excludes halogenated alkanes) is 37. The molecule has 0 heterocycles. The third-order valence-electron chi connectivity index (χ3n) is 14.8. The summed E-state index contributed by atoms with van der Waals surface area (Å²) in [6.07, 6.45) is 88.2. The summed E-state index contributed by atoms with van der Waals surface area (Å²) in [6, 6.07) is 0. The number of phosphoric acid groups is 1. The number of ether oxygens (including phenoxy) is 2. The highest BCUT2D eigenvalue weighted by molar-refractivity contribution is 7.47. The van der Waals surface area contributed by atoms with Gasteiger partial charge in [-0.1, -0.05) is 324 Å². The lowest BCUT2D eigenvalue weighted by atomic mass is 10.0. The summed E-state index contributed by atoms with van der Waals surface area (Å²) >= 11 is 0. The van der Waals surface area contributed by atoms with Gasteiger partial charge in [-0.05, 0) is 70.6 Å². The van der Waals surface area contributed by atoms with Crippen LogP contribution in [0.3, 0.4) is 0 Å². The topological polar surface area (TPSA) is 134 Å². The van der Waals surface area contributed by atoms with Crippen LogP contribution in [0.5, 0.6) is 0 Å². The van der Waals surface area contributed by atoms with Gasteiger partial charge < -0.3 is 20.1 Å². The Morgan fingerprint density at radius 2 is 0.679 bits per heavy atom. The number of hydrogen-bond donors (Lipinski definition) is 2. The lowest BCUT2D eigenvalue weighted by molar-refractivity contribution is -0.161. The first kappa shape index (κ1) is 78.2. The Balaban J connectivity index is 3.81. The third-order valence-corrected chi connectivity index (χ3v) is 15.8. The minimum atomic E-state index is -4.39. The minimum Gasteiger partial charge on any atom is -0.462 e. The molecule has 470 valence electrons. The second kappa shape index (κ2) is 66.3. The largest absolute Gasteiger partial charge is 0.472 e. The monoisotopic (exact) mass is 1150 g/mol. The molecule has 2 unspecified atom stereocenters. The highest BCUT2D eigenvalue weighted by Gasteiger charge is 2.26. The average molecular weight is 1150 g/mol. The molecule has 81 heavy (non-hydrogen) atoms. The third kappa shape index (κ3) is 66.2. The number of phosphoric ester groups is 1. The van der Waals surface area contributed by atoms with E-state index in [2.05, 4.69) is 98.9 Å². The van der Waals surface area contributed by atoms with E-state index in [9.17, 15) is 19.0 Å². The van der Waals surface area contributed by atoms with Crippen molar-refractivity contribution in [3.8, 4) is 0 Å². The minimum absolute atomic E-state index is 0.0542. The van der Waals surface area contributed by atoms with Crippen molar-refractivity contribution in [2.75, 3.05) is 26.4 Å². The molecule has 0 fully saturated rings. The van der Waals surface area contributed by atoms with Gasteiger partial charge in [0.2, 0.25) is 0 Å². The maximum absolute atomic E-state index is 12.7. The van der Waals surface area contributed by atoms with E-state index in [-0.39, 0.29) is 38.6 Å². The number of nitrogens with two attached hydrogens (primary N) is 1. The van der Waals surface area contributed by atoms with Gasteiger partial charge in [-0.15, -0.1) is 0 Å². The maximum atomic E-state index is 12.7. The number of hydrogen-bond acceptors (Lipinski definition) is 8. The zero-order valence-corrected chi connectivity index (χ0v) is 53.7. The quantitative estimate of drug-likeness (QED) is 0.0264. The molecule has 0 aromatic rings. The Morgan fingerprint density at radius 3 is 1.01 bits per heavy atom. The van der Waals surface area contributed by atoms with E-state index < -0.39 is 26.5 Å². The maximum Gasteiger partial charge on any atom is 0.472 e. The van der Waals surface area contributed by atoms with Crippen molar-refractivity contribution in [1.29, 1.82) is 0 Å². The summed E-state index contributed by atoms with van der Waals surface area (Å²) in [5, 5.41) is 0. The van der Waals surface area contributed by atoms with E-state index in [1.165, 1.54) is 212 Å². The molecule has 0 radical (unpaired) electrons. The molecule has 0 bridgehead atoms. The zero-order chi connectivity index (χ0) is 58.7. The van der Waals surface area contributed by atoms with Gasteiger partial charge >= 0.3 is 19.8 Å². The Bertz CT molecular complexity index is 1600. The summed E-state index contributed by atoms with van der Waals surface area (Å²) in [4.78, 5) is 35.3. The fourth-order valence-electron chi connectivity index (χ4n) is 9.80. The smallest absolute Gasteiger partial charge is 0.462 e. The van der Waals surface area contributed by atoms with Gasteiger partial charge in [0.1, 0.15) is 6.61 Å². The molecular weight excluding hydrogens is 1030 g/mol. The molecule has 0 aliphatic carbocycles. The Morgan fingerprint density at radius 1 is 0.383 bits per heavy atom. The van der Waals surface area contributed by atoms with Crippen molar-refractivity contribution in [3.63, 3.8) is 0 Å². The zero-order valence-electron chi connectivity index (χ0n) is 52.8.